The van der Waals surface area contributed by atoms with Gasteiger partial charge in [0.1, 0.15) is 18.0 Å². The number of pyridine rings is 2. The lowest BCUT2D eigenvalue weighted by Gasteiger charge is -2.19. The van der Waals surface area contributed by atoms with Gasteiger partial charge in [0.25, 0.3) is 0 Å². The monoisotopic (exact) mass is 442 g/mol. The number of hydrogen-bond acceptors (Lipinski definition) is 6. The highest BCUT2D eigenvalue weighted by molar-refractivity contribution is 5.77. The van der Waals surface area contributed by atoms with Gasteiger partial charge < -0.3 is 15.6 Å². The molecular weight excluding hydrogens is 419 g/mol. The van der Waals surface area contributed by atoms with Crippen molar-refractivity contribution in [3.05, 3.63) is 77.9 Å². The molecule has 0 unspecified atom stereocenters. The topological polar surface area (TPSA) is 101 Å². The van der Waals surface area contributed by atoms with Crippen LogP contribution in [0.3, 0.4) is 0 Å². The van der Waals surface area contributed by atoms with Gasteiger partial charge in [-0.2, -0.15) is 5.10 Å². The van der Waals surface area contributed by atoms with Crippen LogP contribution in [0.5, 0.6) is 0 Å². The number of hydrogen-bond donors (Lipinski definition) is 2. The number of imidazole rings is 1. The normalized spacial score (nSPS) is 11.3. The summed E-state index contributed by atoms with van der Waals surface area (Å²) in [5, 5.41) is 4.24. The minimum atomic E-state index is -0.445. The Hall–Kier alpha value is -4.27. The molecule has 4 heterocycles. The molecule has 8 nitrogen and oxygen atoms in total. The number of rotatable bonds is 5. The maximum absolute atomic E-state index is 14.3. The van der Waals surface area contributed by atoms with E-state index in [0.717, 1.165) is 39.7 Å². The van der Waals surface area contributed by atoms with Crippen molar-refractivity contribution in [1.82, 2.24) is 29.5 Å². The van der Waals surface area contributed by atoms with Gasteiger partial charge in [-0.05, 0) is 43.3 Å². The van der Waals surface area contributed by atoms with E-state index in [-0.39, 0.29) is 5.69 Å². The molecule has 0 bridgehead atoms. The van der Waals surface area contributed by atoms with Crippen LogP contribution in [0.25, 0.3) is 28.3 Å². The summed E-state index contributed by atoms with van der Waals surface area (Å²) < 4.78 is 16.0. The van der Waals surface area contributed by atoms with Crippen molar-refractivity contribution < 1.29 is 4.39 Å². The van der Waals surface area contributed by atoms with E-state index >= 15 is 0 Å². The molecule has 4 aromatic heterocycles. The standard InChI is InChI=1S/C24H23FN8/c1-14-5-4-6-18(29-14)24-23(15-7-10-21-27-13-28-33(21)12-15)30-20(31-24)11-16-19(32(2)3)9-8-17(25)22(16)26/h4-10,12-13H,11,26H2,1-3H3,(H,30,31). The number of nitrogen functional groups attached to an aromatic ring is 1. The van der Waals surface area contributed by atoms with Gasteiger partial charge in [0.2, 0.25) is 0 Å². The molecule has 0 aliphatic rings. The second-order valence-corrected chi connectivity index (χ2v) is 8.08. The number of fused-ring (bicyclic) bond motifs is 1. The molecule has 0 aliphatic carbocycles. The summed E-state index contributed by atoms with van der Waals surface area (Å²) in [7, 11) is 3.80. The van der Waals surface area contributed by atoms with E-state index < -0.39 is 5.82 Å². The highest BCUT2D eigenvalue weighted by atomic mass is 19.1. The molecule has 0 aliphatic heterocycles. The Labute approximate surface area is 190 Å². The molecule has 0 saturated carbocycles. The highest BCUT2D eigenvalue weighted by Crippen LogP contribution is 2.33. The lowest BCUT2D eigenvalue weighted by molar-refractivity contribution is 0.630. The molecule has 0 spiro atoms. The second-order valence-electron chi connectivity index (χ2n) is 8.08. The van der Waals surface area contributed by atoms with Crippen LogP contribution in [-0.2, 0) is 6.42 Å². The van der Waals surface area contributed by atoms with Crippen LogP contribution in [0.15, 0.2) is 55.0 Å². The Morgan fingerprint density at radius 2 is 1.94 bits per heavy atom. The smallest absolute Gasteiger partial charge is 0.155 e. The number of aromatic nitrogens is 6. The van der Waals surface area contributed by atoms with Crippen LogP contribution in [-0.4, -0.2) is 43.6 Å². The number of aryl methyl sites for hydroxylation is 1. The fraction of sp³-hybridized carbons (Fsp3) is 0.167. The number of H-pyrrole nitrogens is 1. The maximum atomic E-state index is 14.3. The van der Waals surface area contributed by atoms with Crippen LogP contribution in [0.1, 0.15) is 17.1 Å². The summed E-state index contributed by atoms with van der Waals surface area (Å²) in [6, 6.07) is 12.8. The second kappa shape index (κ2) is 8.01. The third-order valence-electron chi connectivity index (χ3n) is 5.55. The summed E-state index contributed by atoms with van der Waals surface area (Å²) in [6.07, 6.45) is 3.72. The molecule has 3 N–H and O–H groups in total. The van der Waals surface area contributed by atoms with Gasteiger partial charge in [-0.15, -0.1) is 0 Å². The Morgan fingerprint density at radius 3 is 2.73 bits per heavy atom. The first-order valence-corrected chi connectivity index (χ1v) is 10.5. The van der Waals surface area contributed by atoms with Crippen LogP contribution in [0.4, 0.5) is 15.8 Å². The molecule has 9 heteroatoms. The Bertz CT molecular complexity index is 1470. The Kier molecular flexibility index (Phi) is 5.01. The first-order valence-electron chi connectivity index (χ1n) is 10.5. The summed E-state index contributed by atoms with van der Waals surface area (Å²) in [4.78, 5) is 19.1. The molecule has 166 valence electrons. The molecular formula is C24H23FN8. The van der Waals surface area contributed by atoms with Gasteiger partial charge in [0, 0.05) is 49.2 Å². The summed E-state index contributed by atoms with van der Waals surface area (Å²) >= 11 is 0. The van der Waals surface area contributed by atoms with E-state index in [1.807, 2.05) is 62.4 Å². The average molecular weight is 443 g/mol. The Balaban J connectivity index is 1.66. The summed E-state index contributed by atoms with van der Waals surface area (Å²) in [5.74, 6) is 0.210. The molecule has 0 amide bonds. The number of nitrogens with two attached hydrogens (primary N) is 1. The number of halogens is 1. The predicted molar refractivity (Wildman–Crippen MR) is 126 cm³/mol. The summed E-state index contributed by atoms with van der Waals surface area (Å²) in [6.45, 7) is 1.94. The third kappa shape index (κ3) is 3.78. The van der Waals surface area contributed by atoms with E-state index in [2.05, 4.69) is 20.1 Å². The third-order valence-corrected chi connectivity index (χ3v) is 5.55. The molecule has 5 rings (SSSR count). The SMILES string of the molecule is Cc1cccc(-c2[nH]c(Cc3c(N(C)C)ccc(F)c3N)nc2-c2ccc3ncnn3c2)n1. The van der Waals surface area contributed by atoms with Crippen LogP contribution < -0.4 is 10.6 Å². The van der Waals surface area contributed by atoms with Gasteiger partial charge in [-0.1, -0.05) is 6.07 Å². The molecule has 0 fully saturated rings. The van der Waals surface area contributed by atoms with Crippen LogP contribution in [0.2, 0.25) is 0 Å². The molecule has 0 atom stereocenters. The van der Waals surface area contributed by atoms with Crippen molar-refractivity contribution in [3.8, 4) is 22.6 Å². The van der Waals surface area contributed by atoms with Gasteiger partial charge in [-0.3, -0.25) is 4.98 Å². The van der Waals surface area contributed by atoms with Gasteiger partial charge in [-0.25, -0.2) is 18.9 Å². The van der Waals surface area contributed by atoms with Crippen molar-refractivity contribution in [3.63, 3.8) is 0 Å². The van der Waals surface area contributed by atoms with Crippen molar-refractivity contribution in [2.45, 2.75) is 13.3 Å². The van der Waals surface area contributed by atoms with E-state index in [0.29, 0.717) is 17.8 Å². The number of anilines is 2. The first-order chi connectivity index (χ1) is 15.9. The van der Waals surface area contributed by atoms with Crippen LogP contribution >= 0.6 is 0 Å². The molecule has 0 radical (unpaired) electrons. The quantitative estimate of drug-likeness (QED) is 0.401. The van der Waals surface area contributed by atoms with Crippen LogP contribution in [0, 0.1) is 12.7 Å². The maximum Gasteiger partial charge on any atom is 0.155 e. The number of benzene rings is 1. The van der Waals surface area contributed by atoms with E-state index in [9.17, 15) is 4.39 Å². The lowest BCUT2D eigenvalue weighted by atomic mass is 10.1. The summed E-state index contributed by atoms with van der Waals surface area (Å²) in [5.41, 5.74) is 12.5. The molecule has 33 heavy (non-hydrogen) atoms. The zero-order valence-electron chi connectivity index (χ0n) is 18.5. The number of nitrogens with zero attached hydrogens (tertiary/aromatic N) is 6. The van der Waals surface area contributed by atoms with Crippen molar-refractivity contribution in [1.29, 1.82) is 0 Å². The molecule has 1 aromatic carbocycles. The zero-order chi connectivity index (χ0) is 23.1. The average Bonchev–Trinajstić information content (AvgIpc) is 3.43. The Morgan fingerprint density at radius 1 is 1.09 bits per heavy atom. The zero-order valence-corrected chi connectivity index (χ0v) is 18.5. The van der Waals surface area contributed by atoms with Crippen molar-refractivity contribution >= 4 is 17.0 Å². The van der Waals surface area contributed by atoms with E-state index in [4.69, 9.17) is 10.7 Å². The van der Waals surface area contributed by atoms with Gasteiger partial charge in [0.05, 0.1) is 22.8 Å². The number of nitrogens with one attached hydrogen (secondary N) is 1. The predicted octanol–water partition coefficient (Wildman–Crippen LogP) is 3.87. The molecule has 5 aromatic rings. The van der Waals surface area contributed by atoms with Crippen molar-refractivity contribution in [2.75, 3.05) is 24.7 Å². The molecule has 0 saturated heterocycles. The van der Waals surface area contributed by atoms with E-state index in [1.165, 1.54) is 12.4 Å². The highest BCUT2D eigenvalue weighted by Gasteiger charge is 2.20. The minimum absolute atomic E-state index is 0.124. The largest absolute Gasteiger partial charge is 0.396 e. The minimum Gasteiger partial charge on any atom is -0.396 e. The van der Waals surface area contributed by atoms with E-state index in [1.54, 1.807) is 10.6 Å². The first kappa shape index (κ1) is 20.6. The van der Waals surface area contributed by atoms with Gasteiger partial charge in [0.15, 0.2) is 5.65 Å². The fourth-order valence-electron chi connectivity index (χ4n) is 3.94. The fourth-order valence-corrected chi connectivity index (χ4v) is 3.94. The van der Waals surface area contributed by atoms with Crippen molar-refractivity contribution in [2.24, 2.45) is 0 Å². The van der Waals surface area contributed by atoms with Gasteiger partial charge >= 0.3 is 0 Å². The lowest BCUT2D eigenvalue weighted by Crippen LogP contribution is -2.14. The number of aromatic amines is 1.